The average molecular weight is 430 g/mol. The third-order valence-corrected chi connectivity index (χ3v) is 4.20. The Kier molecular flexibility index (Phi) is 6.87. The van der Waals surface area contributed by atoms with Crippen molar-refractivity contribution in [1.82, 2.24) is 20.4 Å². The number of carbonyl (C=O) groups is 1. The molecule has 2 aromatic heterocycles. The van der Waals surface area contributed by atoms with Crippen molar-refractivity contribution in [3.63, 3.8) is 0 Å². The summed E-state index contributed by atoms with van der Waals surface area (Å²) in [4.78, 5) is 19.8. The number of nitrogens with zero attached hydrogens (tertiary/aromatic N) is 3. The first-order valence-electron chi connectivity index (χ1n) is 8.88. The summed E-state index contributed by atoms with van der Waals surface area (Å²) in [6.07, 6.45) is 3.99. The average Bonchev–Trinajstić information content (AvgIpc) is 3.26. The molecule has 0 amide bonds. The third-order valence-electron chi connectivity index (χ3n) is 3.91. The zero-order chi connectivity index (χ0) is 21.5. The molecule has 0 radical (unpaired) electrons. The Hall–Kier alpha value is -3.59. The number of hydrogen-bond donors (Lipinski definition) is 2. The van der Waals surface area contributed by atoms with Crippen LogP contribution in [0.4, 0.5) is 4.39 Å². The molecular formula is C20H17ClFN5O3. The van der Waals surface area contributed by atoms with E-state index in [1.807, 2.05) is 0 Å². The number of esters is 1. The van der Waals surface area contributed by atoms with E-state index in [4.69, 9.17) is 26.3 Å². The minimum Gasteiger partial charge on any atom is -0.462 e. The highest BCUT2D eigenvalue weighted by atomic mass is 35.5. The molecule has 0 unspecified atom stereocenters. The molecule has 154 valence electrons. The van der Waals surface area contributed by atoms with E-state index in [9.17, 15) is 9.18 Å². The van der Waals surface area contributed by atoms with Crippen LogP contribution >= 0.6 is 11.6 Å². The van der Waals surface area contributed by atoms with Crippen LogP contribution in [0, 0.1) is 11.2 Å². The third kappa shape index (κ3) is 5.06. The van der Waals surface area contributed by atoms with Crippen molar-refractivity contribution in [2.24, 2.45) is 0 Å². The van der Waals surface area contributed by atoms with E-state index in [0.29, 0.717) is 17.0 Å². The first-order chi connectivity index (χ1) is 14.5. The number of ether oxygens (including phenoxy) is 1. The lowest BCUT2D eigenvalue weighted by Crippen LogP contribution is -2.16. The molecule has 0 aliphatic heterocycles. The van der Waals surface area contributed by atoms with E-state index in [-0.39, 0.29) is 41.2 Å². The van der Waals surface area contributed by atoms with E-state index >= 15 is 0 Å². The van der Waals surface area contributed by atoms with Crippen LogP contribution < -0.4 is 5.32 Å². The van der Waals surface area contributed by atoms with Crippen molar-refractivity contribution in [1.29, 1.82) is 5.41 Å². The van der Waals surface area contributed by atoms with Gasteiger partial charge in [0.05, 0.1) is 12.3 Å². The quantitative estimate of drug-likeness (QED) is 0.319. The minimum absolute atomic E-state index is 0.00782. The number of rotatable bonds is 8. The zero-order valence-corrected chi connectivity index (χ0v) is 16.6. The van der Waals surface area contributed by atoms with Gasteiger partial charge in [0.25, 0.3) is 0 Å². The number of aromatic nitrogens is 3. The summed E-state index contributed by atoms with van der Waals surface area (Å²) in [6.45, 7) is 2.01. The van der Waals surface area contributed by atoms with Crippen LogP contribution in [-0.4, -0.2) is 33.4 Å². The van der Waals surface area contributed by atoms with Crippen LogP contribution in [0.5, 0.6) is 0 Å². The summed E-state index contributed by atoms with van der Waals surface area (Å²) in [5.41, 5.74) is 1.15. The predicted octanol–water partition coefficient (Wildman–Crippen LogP) is 3.63. The molecule has 10 heteroatoms. The van der Waals surface area contributed by atoms with Gasteiger partial charge < -0.3 is 14.6 Å². The van der Waals surface area contributed by atoms with Crippen LogP contribution in [0.1, 0.15) is 34.4 Å². The highest BCUT2D eigenvalue weighted by Gasteiger charge is 2.16. The number of benzene rings is 1. The van der Waals surface area contributed by atoms with E-state index < -0.39 is 5.97 Å². The molecular weight excluding hydrogens is 413 g/mol. The Labute approximate surface area is 176 Å². The maximum Gasteiger partial charge on any atom is 0.342 e. The fraction of sp³-hybridized carbons (Fsp3) is 0.150. The van der Waals surface area contributed by atoms with Gasteiger partial charge in [0.1, 0.15) is 34.2 Å². The minimum atomic E-state index is -0.647. The largest absolute Gasteiger partial charge is 0.462 e. The second-order valence-corrected chi connectivity index (χ2v) is 6.28. The Bertz CT molecular complexity index is 1090. The Balaban J connectivity index is 1.84. The molecule has 30 heavy (non-hydrogen) atoms. The second-order valence-electron chi connectivity index (χ2n) is 5.92. The van der Waals surface area contributed by atoms with Gasteiger partial charge in [-0.3, -0.25) is 5.41 Å². The van der Waals surface area contributed by atoms with Gasteiger partial charge in [0.2, 0.25) is 0 Å². The molecule has 0 aliphatic rings. The number of nitrogens with one attached hydrogen (secondary N) is 2. The highest BCUT2D eigenvalue weighted by Crippen LogP contribution is 2.16. The summed E-state index contributed by atoms with van der Waals surface area (Å²) < 4.78 is 23.6. The SMILES string of the molecule is CCOC(=O)c1cnc(C(=N)/C=C(\NCc2ccccc2F)c2ccon2)nc1Cl. The first kappa shape index (κ1) is 21.1. The molecule has 1 aromatic carbocycles. The second kappa shape index (κ2) is 9.75. The maximum absolute atomic E-state index is 13.9. The summed E-state index contributed by atoms with van der Waals surface area (Å²) in [5.74, 6) is -1.02. The lowest BCUT2D eigenvalue weighted by Gasteiger charge is -2.10. The molecule has 0 atom stereocenters. The molecule has 0 bridgehead atoms. The Morgan fingerprint density at radius 2 is 2.17 bits per heavy atom. The summed E-state index contributed by atoms with van der Waals surface area (Å²) in [6, 6.07) is 7.92. The van der Waals surface area contributed by atoms with Crippen molar-refractivity contribution in [2.75, 3.05) is 6.61 Å². The van der Waals surface area contributed by atoms with Crippen LogP contribution in [0.2, 0.25) is 5.15 Å². The van der Waals surface area contributed by atoms with Gasteiger partial charge in [0, 0.05) is 24.4 Å². The molecule has 0 aliphatic carbocycles. The smallest absolute Gasteiger partial charge is 0.342 e. The van der Waals surface area contributed by atoms with E-state index in [1.165, 1.54) is 24.6 Å². The molecule has 8 nitrogen and oxygen atoms in total. The molecule has 0 fully saturated rings. The van der Waals surface area contributed by atoms with Crippen molar-refractivity contribution in [3.05, 3.63) is 82.5 Å². The number of carbonyl (C=O) groups excluding carboxylic acids is 1. The van der Waals surface area contributed by atoms with Crippen LogP contribution in [0.15, 0.2) is 53.4 Å². The zero-order valence-electron chi connectivity index (χ0n) is 15.9. The first-order valence-corrected chi connectivity index (χ1v) is 9.25. The lowest BCUT2D eigenvalue weighted by atomic mass is 10.2. The highest BCUT2D eigenvalue weighted by molar-refractivity contribution is 6.32. The molecule has 3 rings (SSSR count). The van der Waals surface area contributed by atoms with Gasteiger partial charge in [-0.2, -0.15) is 0 Å². The Morgan fingerprint density at radius 3 is 2.83 bits per heavy atom. The van der Waals surface area contributed by atoms with Crippen LogP contribution in [0.25, 0.3) is 5.70 Å². The maximum atomic E-state index is 13.9. The fourth-order valence-electron chi connectivity index (χ4n) is 2.44. The van der Waals surface area contributed by atoms with Crippen LogP contribution in [-0.2, 0) is 11.3 Å². The number of allylic oxidation sites excluding steroid dienone is 1. The van der Waals surface area contributed by atoms with Crippen LogP contribution in [0.3, 0.4) is 0 Å². The van der Waals surface area contributed by atoms with Crippen molar-refractivity contribution < 1.29 is 18.4 Å². The van der Waals surface area contributed by atoms with Crippen molar-refractivity contribution in [2.45, 2.75) is 13.5 Å². The van der Waals surface area contributed by atoms with Crippen molar-refractivity contribution >= 4 is 29.0 Å². The molecule has 0 spiro atoms. The van der Waals surface area contributed by atoms with E-state index in [1.54, 1.807) is 31.2 Å². The van der Waals surface area contributed by atoms with Gasteiger partial charge >= 0.3 is 5.97 Å². The van der Waals surface area contributed by atoms with E-state index in [0.717, 1.165) is 0 Å². The molecule has 2 N–H and O–H groups in total. The number of halogens is 2. The summed E-state index contributed by atoms with van der Waals surface area (Å²) in [7, 11) is 0. The monoisotopic (exact) mass is 429 g/mol. The van der Waals surface area contributed by atoms with E-state index in [2.05, 4.69) is 20.4 Å². The number of hydrogen-bond acceptors (Lipinski definition) is 8. The lowest BCUT2D eigenvalue weighted by molar-refractivity contribution is 0.0525. The molecule has 0 saturated heterocycles. The fourth-order valence-corrected chi connectivity index (χ4v) is 2.65. The molecule has 3 aromatic rings. The van der Waals surface area contributed by atoms with Gasteiger partial charge in [-0.1, -0.05) is 35.0 Å². The van der Waals surface area contributed by atoms with Gasteiger partial charge in [-0.25, -0.2) is 19.2 Å². The normalized spacial score (nSPS) is 11.2. The van der Waals surface area contributed by atoms with Gasteiger partial charge in [-0.15, -0.1) is 0 Å². The predicted molar refractivity (Wildman–Crippen MR) is 108 cm³/mol. The van der Waals surface area contributed by atoms with Gasteiger partial charge in [-0.05, 0) is 19.1 Å². The topological polar surface area (TPSA) is 114 Å². The molecule has 0 saturated carbocycles. The van der Waals surface area contributed by atoms with Gasteiger partial charge in [0.15, 0.2) is 5.82 Å². The molecule has 2 heterocycles. The summed E-state index contributed by atoms with van der Waals surface area (Å²) >= 11 is 6.04. The van der Waals surface area contributed by atoms with Crippen molar-refractivity contribution in [3.8, 4) is 0 Å². The standard InChI is InChI=1S/C20H17ClFN5O3/c1-2-29-20(28)13-11-25-19(26-18(13)21)15(23)9-17(16-7-8-30-27-16)24-10-12-5-3-4-6-14(12)22/h3-9,11,23-24H,2,10H2,1H3/b17-9-,23-15?. The summed E-state index contributed by atoms with van der Waals surface area (Å²) in [5, 5.41) is 15.1. The Morgan fingerprint density at radius 1 is 1.37 bits per heavy atom.